The largest absolute Gasteiger partial charge is 0.493 e. The van der Waals surface area contributed by atoms with Gasteiger partial charge in [-0.3, -0.25) is 9.58 Å². The van der Waals surface area contributed by atoms with Crippen LogP contribution in [0.25, 0.3) is 32.8 Å². The van der Waals surface area contributed by atoms with Gasteiger partial charge in [-0.15, -0.1) is 0 Å². The summed E-state index contributed by atoms with van der Waals surface area (Å²) in [5.41, 5.74) is 4.22. The number of esters is 1. The molecular weight excluding hydrogens is 593 g/mol. The molecule has 2 aromatic heterocycles. The van der Waals surface area contributed by atoms with Crippen LogP contribution in [0.5, 0.6) is 5.75 Å². The van der Waals surface area contributed by atoms with E-state index in [1.165, 1.54) is 6.07 Å². The number of hydrogen-bond donors (Lipinski definition) is 1. The molecule has 9 heteroatoms. The molecule has 248 valence electrons. The molecule has 1 aliphatic rings. The van der Waals surface area contributed by atoms with Crippen molar-refractivity contribution in [1.29, 1.82) is 0 Å². The molecule has 0 aliphatic carbocycles. The number of hydrogen-bond acceptors (Lipinski definition) is 6. The van der Waals surface area contributed by atoms with Gasteiger partial charge in [0.25, 0.3) is 0 Å². The molecule has 3 aromatic carbocycles. The molecule has 5 aromatic rings. The summed E-state index contributed by atoms with van der Waals surface area (Å²) in [6.07, 6.45) is 1.22. The van der Waals surface area contributed by atoms with Crippen molar-refractivity contribution >= 4 is 27.6 Å². The number of ether oxygens (including phenoxy) is 2. The van der Waals surface area contributed by atoms with Crippen LogP contribution in [-0.4, -0.2) is 70.1 Å². The summed E-state index contributed by atoms with van der Waals surface area (Å²) in [5.74, 6) is 0.102. The van der Waals surface area contributed by atoms with Gasteiger partial charge in [-0.05, 0) is 76.6 Å². The van der Waals surface area contributed by atoms with E-state index in [9.17, 15) is 4.79 Å². The highest BCUT2D eigenvalue weighted by atomic mass is 19.1. The first kappa shape index (κ1) is 32.7. The minimum atomic E-state index is -0.698. The van der Waals surface area contributed by atoms with Crippen molar-refractivity contribution in [1.82, 2.24) is 24.6 Å². The third-order valence-corrected chi connectivity index (χ3v) is 9.06. The summed E-state index contributed by atoms with van der Waals surface area (Å²) in [6.45, 7) is 14.9. The average Bonchev–Trinajstić information content (AvgIpc) is 3.49. The maximum Gasteiger partial charge on any atom is 0.355 e. The van der Waals surface area contributed by atoms with E-state index in [2.05, 4.69) is 33.5 Å². The monoisotopic (exact) mass is 639 g/mol. The lowest BCUT2D eigenvalue weighted by atomic mass is 9.98. The van der Waals surface area contributed by atoms with Crippen LogP contribution in [-0.2, 0) is 24.8 Å². The van der Waals surface area contributed by atoms with Crippen molar-refractivity contribution in [3.8, 4) is 16.9 Å². The van der Waals surface area contributed by atoms with Crippen LogP contribution in [0.3, 0.4) is 0 Å². The second-order valence-electron chi connectivity index (χ2n) is 13.5. The van der Waals surface area contributed by atoms with E-state index < -0.39 is 11.6 Å². The van der Waals surface area contributed by atoms with Crippen LogP contribution < -0.4 is 10.1 Å². The number of carbonyl (C=O) groups excluding carboxylic acids is 1. The molecule has 0 bridgehead atoms. The summed E-state index contributed by atoms with van der Waals surface area (Å²) in [6, 6.07) is 17.6. The third kappa shape index (κ3) is 6.78. The predicted octanol–water partition coefficient (Wildman–Crippen LogP) is 6.82. The summed E-state index contributed by atoms with van der Waals surface area (Å²) in [4.78, 5) is 16.6. The molecule has 1 N–H and O–H groups in total. The number of halogens is 1. The fourth-order valence-electron chi connectivity index (χ4n) is 6.83. The summed E-state index contributed by atoms with van der Waals surface area (Å²) < 4.78 is 32.4. The number of nitrogens with one attached hydrogen (secondary N) is 1. The van der Waals surface area contributed by atoms with Gasteiger partial charge < -0.3 is 19.4 Å². The Bertz CT molecular complexity index is 1910. The maximum absolute atomic E-state index is 16.2. The Balaban J connectivity index is 1.45. The highest BCUT2D eigenvalue weighted by Crippen LogP contribution is 2.40. The van der Waals surface area contributed by atoms with Crippen molar-refractivity contribution in [3.63, 3.8) is 0 Å². The Morgan fingerprint density at radius 3 is 2.43 bits per heavy atom. The number of aromatic nitrogens is 3. The molecule has 0 saturated carbocycles. The van der Waals surface area contributed by atoms with Crippen molar-refractivity contribution in [2.45, 2.75) is 59.6 Å². The number of carbonyl (C=O) groups is 1. The molecule has 1 saturated heterocycles. The number of aryl methyl sites for hydroxylation is 3. The van der Waals surface area contributed by atoms with E-state index in [1.54, 1.807) is 4.68 Å². The highest BCUT2D eigenvalue weighted by molar-refractivity contribution is 6.05. The third-order valence-electron chi connectivity index (χ3n) is 9.06. The van der Waals surface area contributed by atoms with Crippen molar-refractivity contribution in [2.75, 3.05) is 39.3 Å². The fraction of sp³-hybridized carbons (Fsp3) is 0.421. The highest BCUT2D eigenvalue weighted by Gasteiger charge is 2.31. The fourth-order valence-corrected chi connectivity index (χ4v) is 6.83. The first-order valence-corrected chi connectivity index (χ1v) is 16.6. The Kier molecular flexibility index (Phi) is 9.39. The van der Waals surface area contributed by atoms with Crippen LogP contribution in [0.4, 0.5) is 4.39 Å². The van der Waals surface area contributed by atoms with Gasteiger partial charge >= 0.3 is 5.97 Å². The van der Waals surface area contributed by atoms with Gasteiger partial charge in [0, 0.05) is 73.9 Å². The zero-order valence-electron chi connectivity index (χ0n) is 28.5. The number of fused-ring (bicyclic) bond motifs is 2. The Morgan fingerprint density at radius 1 is 0.957 bits per heavy atom. The van der Waals surface area contributed by atoms with E-state index in [0.717, 1.165) is 77.1 Å². The first-order valence-electron chi connectivity index (χ1n) is 16.6. The predicted molar refractivity (Wildman–Crippen MR) is 186 cm³/mol. The zero-order chi connectivity index (χ0) is 33.3. The zero-order valence-corrected chi connectivity index (χ0v) is 28.5. The lowest BCUT2D eigenvalue weighted by molar-refractivity contribution is 0.00561. The Morgan fingerprint density at radius 2 is 1.70 bits per heavy atom. The number of rotatable bonds is 10. The topological polar surface area (TPSA) is 73.6 Å². The van der Waals surface area contributed by atoms with E-state index in [0.29, 0.717) is 42.8 Å². The van der Waals surface area contributed by atoms with Gasteiger partial charge in [0.05, 0.1) is 17.8 Å². The van der Waals surface area contributed by atoms with Crippen LogP contribution in [0, 0.1) is 19.7 Å². The molecule has 0 radical (unpaired) electrons. The number of nitrogens with zero attached hydrogens (tertiary/aromatic N) is 4. The summed E-state index contributed by atoms with van der Waals surface area (Å²) >= 11 is 0. The molecule has 1 aliphatic heterocycles. The second-order valence-corrected chi connectivity index (χ2v) is 13.5. The van der Waals surface area contributed by atoms with Crippen molar-refractivity contribution in [3.05, 3.63) is 83.1 Å². The number of benzene rings is 3. The van der Waals surface area contributed by atoms with Gasteiger partial charge in [0.2, 0.25) is 0 Å². The molecule has 0 spiro atoms. The van der Waals surface area contributed by atoms with Crippen molar-refractivity contribution in [2.24, 2.45) is 7.05 Å². The molecule has 6 rings (SSSR count). The minimum Gasteiger partial charge on any atom is -0.493 e. The summed E-state index contributed by atoms with van der Waals surface area (Å²) in [7, 11) is 1.88. The van der Waals surface area contributed by atoms with Crippen LogP contribution in [0.15, 0.2) is 54.6 Å². The van der Waals surface area contributed by atoms with Gasteiger partial charge in [-0.2, -0.15) is 5.10 Å². The van der Waals surface area contributed by atoms with Gasteiger partial charge in [-0.25, -0.2) is 9.18 Å². The molecule has 0 atom stereocenters. The Labute approximate surface area is 276 Å². The van der Waals surface area contributed by atoms with Crippen LogP contribution >= 0.6 is 0 Å². The molecule has 3 heterocycles. The van der Waals surface area contributed by atoms with E-state index in [4.69, 9.17) is 9.47 Å². The smallest absolute Gasteiger partial charge is 0.355 e. The van der Waals surface area contributed by atoms with Crippen LogP contribution in [0.1, 0.15) is 54.6 Å². The molecule has 1 fully saturated rings. The standard InChI is InChI=1S/C38H46FN5O3/c1-25-33(26(2)42(6)41-25)34-31(39)17-16-30-29(14-10-24-46-32-15-9-12-27-11-7-8-13-28(27)32)36(37(45)47-38(3,4)5)44(35(30)34)23-22-43-20-18-40-19-21-43/h7-9,11-13,15-17,40H,10,14,18-24H2,1-6H3. The molecule has 0 unspecified atom stereocenters. The minimum absolute atomic E-state index is 0.334. The molecule has 47 heavy (non-hydrogen) atoms. The van der Waals surface area contributed by atoms with E-state index in [-0.39, 0.29) is 5.82 Å². The van der Waals surface area contributed by atoms with E-state index in [1.807, 2.05) is 76.6 Å². The van der Waals surface area contributed by atoms with Crippen LogP contribution in [0.2, 0.25) is 0 Å². The van der Waals surface area contributed by atoms with Crippen molar-refractivity contribution < 1.29 is 18.7 Å². The maximum atomic E-state index is 16.2. The van der Waals surface area contributed by atoms with E-state index >= 15 is 4.39 Å². The van der Waals surface area contributed by atoms with Gasteiger partial charge in [-0.1, -0.05) is 36.4 Å². The molecular formula is C38H46FN5O3. The molecule has 0 amide bonds. The SMILES string of the molecule is Cc1nn(C)c(C)c1-c1c(F)ccc2c(CCCOc3cccc4ccccc34)c(C(=O)OC(C)(C)C)n(CCN3CCNCC3)c12. The van der Waals surface area contributed by atoms with Gasteiger partial charge in [0.15, 0.2) is 0 Å². The van der Waals surface area contributed by atoms with Gasteiger partial charge in [0.1, 0.15) is 22.9 Å². The first-order chi connectivity index (χ1) is 22.5. The molecule has 8 nitrogen and oxygen atoms in total. The quantitative estimate of drug-likeness (QED) is 0.134. The summed E-state index contributed by atoms with van der Waals surface area (Å²) in [5, 5.41) is 11.1. The lowest BCUT2D eigenvalue weighted by Gasteiger charge is -2.28. The normalized spacial score (nSPS) is 14.3. The second kappa shape index (κ2) is 13.5. The Hall–Kier alpha value is -4.21. The lowest BCUT2D eigenvalue weighted by Crippen LogP contribution is -2.44. The number of piperazine rings is 1. The average molecular weight is 640 g/mol.